The Labute approximate surface area is 209 Å². The Morgan fingerprint density at radius 2 is 1.77 bits per heavy atom. The van der Waals surface area contributed by atoms with Gasteiger partial charge in [0.1, 0.15) is 11.6 Å². The van der Waals surface area contributed by atoms with E-state index in [1.165, 1.54) is 17.3 Å². The van der Waals surface area contributed by atoms with Gasteiger partial charge < -0.3 is 14.4 Å². The van der Waals surface area contributed by atoms with Gasteiger partial charge in [-0.25, -0.2) is 9.07 Å². The molecule has 0 bridgehead atoms. The molecule has 7 heteroatoms. The lowest BCUT2D eigenvalue weighted by Gasteiger charge is -2.36. The molecule has 1 aliphatic rings. The first-order valence-electron chi connectivity index (χ1n) is 13.2. The first kappa shape index (κ1) is 25.5. The summed E-state index contributed by atoms with van der Waals surface area (Å²) in [5.74, 6) is 0.914. The zero-order valence-corrected chi connectivity index (χ0v) is 21.9. The molecule has 1 fully saturated rings. The minimum absolute atomic E-state index is 0.227. The quantitative estimate of drug-likeness (QED) is 0.393. The van der Waals surface area contributed by atoms with Gasteiger partial charge in [-0.3, -0.25) is 4.90 Å². The number of hydrogen-bond donors (Lipinski definition) is 0. The maximum atomic E-state index is 14.3. The van der Waals surface area contributed by atoms with Crippen molar-refractivity contribution in [2.45, 2.75) is 53.1 Å². The standard InChI is InChI=1S/C28H41FN6/c1-5-10-27-26(22-33(14-6-2)21-25-13-9-15-31(25)4)28(34-18-16-32(7-3)17-19-34)35(30-27)24-12-8-11-23(29)20-24/h8-9,11-13,15,20H,5-7,10,14,16-19,21-22H2,1-4H3. The van der Waals surface area contributed by atoms with Crippen LogP contribution in [0.4, 0.5) is 10.2 Å². The van der Waals surface area contributed by atoms with E-state index in [0.29, 0.717) is 0 Å². The van der Waals surface area contributed by atoms with E-state index in [1.54, 1.807) is 12.1 Å². The maximum Gasteiger partial charge on any atom is 0.137 e. The first-order chi connectivity index (χ1) is 17.0. The Morgan fingerprint density at radius 1 is 0.971 bits per heavy atom. The minimum atomic E-state index is -0.227. The van der Waals surface area contributed by atoms with Crippen molar-refractivity contribution in [3.8, 4) is 5.69 Å². The third kappa shape index (κ3) is 5.96. The van der Waals surface area contributed by atoms with Crippen molar-refractivity contribution < 1.29 is 4.39 Å². The lowest BCUT2D eigenvalue weighted by Crippen LogP contribution is -2.47. The van der Waals surface area contributed by atoms with Gasteiger partial charge in [0.05, 0.1) is 11.4 Å². The molecule has 1 aromatic carbocycles. The van der Waals surface area contributed by atoms with Gasteiger partial charge in [-0.15, -0.1) is 0 Å². The zero-order valence-electron chi connectivity index (χ0n) is 21.9. The second-order valence-corrected chi connectivity index (χ2v) is 9.63. The van der Waals surface area contributed by atoms with Crippen LogP contribution < -0.4 is 4.90 Å². The van der Waals surface area contributed by atoms with E-state index in [4.69, 9.17) is 5.10 Å². The van der Waals surface area contributed by atoms with Crippen molar-refractivity contribution in [1.29, 1.82) is 0 Å². The fourth-order valence-electron chi connectivity index (χ4n) is 5.12. The van der Waals surface area contributed by atoms with E-state index in [9.17, 15) is 4.39 Å². The van der Waals surface area contributed by atoms with Crippen LogP contribution in [0.5, 0.6) is 0 Å². The summed E-state index contributed by atoms with van der Waals surface area (Å²) in [7, 11) is 2.11. The molecule has 0 spiro atoms. The van der Waals surface area contributed by atoms with Crippen molar-refractivity contribution in [3.63, 3.8) is 0 Å². The highest BCUT2D eigenvalue weighted by molar-refractivity contribution is 5.56. The number of aromatic nitrogens is 3. The number of rotatable bonds is 11. The molecule has 1 saturated heterocycles. The Kier molecular flexibility index (Phi) is 8.63. The fraction of sp³-hybridized carbons (Fsp3) is 0.536. The van der Waals surface area contributed by atoms with E-state index in [-0.39, 0.29) is 5.82 Å². The fourth-order valence-corrected chi connectivity index (χ4v) is 5.12. The number of halogens is 1. The molecule has 35 heavy (non-hydrogen) atoms. The molecule has 3 aromatic rings. The number of anilines is 1. The summed E-state index contributed by atoms with van der Waals surface area (Å²) in [5.41, 5.74) is 4.54. The molecule has 2 aromatic heterocycles. The Bertz CT molecular complexity index is 1080. The molecule has 0 saturated carbocycles. The van der Waals surface area contributed by atoms with Crippen LogP contribution in [0, 0.1) is 5.82 Å². The number of nitrogens with zero attached hydrogens (tertiary/aromatic N) is 6. The number of aryl methyl sites for hydroxylation is 2. The van der Waals surface area contributed by atoms with Crippen LogP contribution in [0.15, 0.2) is 42.6 Å². The topological polar surface area (TPSA) is 32.5 Å². The summed E-state index contributed by atoms with van der Waals surface area (Å²) in [5, 5.41) is 5.12. The summed E-state index contributed by atoms with van der Waals surface area (Å²) >= 11 is 0. The lowest BCUT2D eigenvalue weighted by molar-refractivity contribution is 0.249. The summed E-state index contributed by atoms with van der Waals surface area (Å²) in [6.45, 7) is 14.5. The Balaban J connectivity index is 1.76. The second kappa shape index (κ2) is 11.9. The van der Waals surface area contributed by atoms with Crippen molar-refractivity contribution in [2.24, 2.45) is 7.05 Å². The highest BCUT2D eigenvalue weighted by Crippen LogP contribution is 2.31. The van der Waals surface area contributed by atoms with Crippen LogP contribution in [0.3, 0.4) is 0 Å². The van der Waals surface area contributed by atoms with Gasteiger partial charge in [0, 0.05) is 63.8 Å². The molecule has 190 valence electrons. The van der Waals surface area contributed by atoms with Crippen LogP contribution in [-0.2, 0) is 26.6 Å². The molecule has 0 radical (unpaired) electrons. The molecular formula is C28H41FN6. The number of hydrogen-bond acceptors (Lipinski definition) is 4. The average Bonchev–Trinajstić information content (AvgIpc) is 3.43. The van der Waals surface area contributed by atoms with Crippen molar-refractivity contribution >= 4 is 5.82 Å². The van der Waals surface area contributed by atoms with Gasteiger partial charge in [-0.2, -0.15) is 5.10 Å². The highest BCUT2D eigenvalue weighted by atomic mass is 19.1. The van der Waals surface area contributed by atoms with Gasteiger partial charge in [0.2, 0.25) is 0 Å². The predicted molar refractivity (Wildman–Crippen MR) is 142 cm³/mol. The summed E-state index contributed by atoms with van der Waals surface area (Å²) in [4.78, 5) is 7.50. The largest absolute Gasteiger partial charge is 0.354 e. The monoisotopic (exact) mass is 480 g/mol. The molecule has 4 rings (SSSR count). The van der Waals surface area contributed by atoms with Crippen LogP contribution >= 0.6 is 0 Å². The Hall–Kier alpha value is -2.64. The van der Waals surface area contributed by atoms with Gasteiger partial charge >= 0.3 is 0 Å². The third-order valence-electron chi connectivity index (χ3n) is 7.06. The zero-order chi connectivity index (χ0) is 24.8. The van der Waals surface area contributed by atoms with Crippen molar-refractivity contribution in [3.05, 3.63) is 65.4 Å². The normalized spacial score (nSPS) is 14.9. The molecule has 0 unspecified atom stereocenters. The van der Waals surface area contributed by atoms with Crippen LogP contribution in [0.1, 0.15) is 50.6 Å². The lowest BCUT2D eigenvalue weighted by atomic mass is 10.1. The average molecular weight is 481 g/mol. The molecule has 0 aliphatic carbocycles. The molecule has 1 aliphatic heterocycles. The molecule has 0 N–H and O–H groups in total. The SMILES string of the molecule is CCCc1nn(-c2cccc(F)c2)c(N2CCN(CC)CC2)c1CN(CCC)Cc1cccn1C. The summed E-state index contributed by atoms with van der Waals surface area (Å²) in [6.07, 6.45) is 5.16. The van der Waals surface area contributed by atoms with Gasteiger partial charge in [-0.1, -0.05) is 33.3 Å². The van der Waals surface area contributed by atoms with E-state index in [2.05, 4.69) is 65.4 Å². The molecule has 3 heterocycles. The maximum absolute atomic E-state index is 14.3. The smallest absolute Gasteiger partial charge is 0.137 e. The van der Waals surface area contributed by atoms with Crippen LogP contribution in [-0.4, -0.2) is 63.4 Å². The third-order valence-corrected chi connectivity index (χ3v) is 7.06. The Morgan fingerprint density at radius 3 is 2.40 bits per heavy atom. The van der Waals surface area contributed by atoms with Gasteiger partial charge in [0.15, 0.2) is 0 Å². The second-order valence-electron chi connectivity index (χ2n) is 9.63. The van der Waals surface area contributed by atoms with Crippen molar-refractivity contribution in [2.75, 3.05) is 44.2 Å². The summed E-state index contributed by atoms with van der Waals surface area (Å²) in [6, 6.07) is 11.2. The van der Waals surface area contributed by atoms with Crippen LogP contribution in [0.25, 0.3) is 5.69 Å². The van der Waals surface area contributed by atoms with E-state index in [1.807, 2.05) is 10.7 Å². The molecule has 0 atom stereocenters. The van der Waals surface area contributed by atoms with E-state index >= 15 is 0 Å². The van der Waals surface area contributed by atoms with E-state index in [0.717, 1.165) is 88.8 Å². The van der Waals surface area contributed by atoms with Crippen LogP contribution in [0.2, 0.25) is 0 Å². The number of benzene rings is 1. The minimum Gasteiger partial charge on any atom is -0.354 e. The van der Waals surface area contributed by atoms with E-state index < -0.39 is 0 Å². The predicted octanol–water partition coefficient (Wildman–Crippen LogP) is 4.86. The number of piperazine rings is 1. The van der Waals surface area contributed by atoms with Crippen molar-refractivity contribution in [1.82, 2.24) is 24.1 Å². The van der Waals surface area contributed by atoms with Gasteiger partial charge in [0.25, 0.3) is 0 Å². The first-order valence-corrected chi connectivity index (χ1v) is 13.2. The molecule has 6 nitrogen and oxygen atoms in total. The molecule has 0 amide bonds. The van der Waals surface area contributed by atoms with Gasteiger partial charge in [-0.05, 0) is 56.3 Å². The number of likely N-dealkylation sites (N-methyl/N-ethyl adjacent to an activating group) is 1. The highest BCUT2D eigenvalue weighted by Gasteiger charge is 2.27. The molecular weight excluding hydrogens is 439 g/mol. The summed E-state index contributed by atoms with van der Waals surface area (Å²) < 4.78 is 18.5.